The van der Waals surface area contributed by atoms with Crippen LogP contribution in [-0.4, -0.2) is 52.7 Å². The minimum Gasteiger partial charge on any atom is -0.364 e. The van der Waals surface area contributed by atoms with Crippen molar-refractivity contribution in [3.63, 3.8) is 0 Å². The lowest BCUT2D eigenvalue weighted by Crippen LogP contribution is -2.47. The number of carbonyl (C=O) groups excluding carboxylic acids is 2. The van der Waals surface area contributed by atoms with E-state index in [1.54, 1.807) is 12.1 Å². The molecule has 0 unspecified atom stereocenters. The van der Waals surface area contributed by atoms with Crippen LogP contribution in [0.2, 0.25) is 0 Å². The van der Waals surface area contributed by atoms with Crippen LogP contribution in [0, 0.1) is 5.82 Å². The zero-order chi connectivity index (χ0) is 23.5. The van der Waals surface area contributed by atoms with Crippen molar-refractivity contribution in [2.24, 2.45) is 0 Å². The minimum absolute atomic E-state index is 0.209. The van der Waals surface area contributed by atoms with Gasteiger partial charge in [-0.1, -0.05) is 72.8 Å². The molecular formula is C28H26FN3O2. The molecule has 0 saturated carbocycles. The fraction of sp³-hybridized carbons (Fsp3) is 0.214. The van der Waals surface area contributed by atoms with Gasteiger partial charge in [-0.2, -0.15) is 0 Å². The SMILES string of the molecule is O=C1C(c2ccc(F)cc2)=C(N2CCN(Cc3ccccc3)CC2)C(=O)N1Cc1ccccc1. The van der Waals surface area contributed by atoms with Crippen molar-refractivity contribution in [2.45, 2.75) is 13.1 Å². The second-order valence-corrected chi connectivity index (χ2v) is 8.66. The van der Waals surface area contributed by atoms with E-state index < -0.39 is 0 Å². The van der Waals surface area contributed by atoms with Crippen LogP contribution in [0.25, 0.3) is 5.57 Å². The Labute approximate surface area is 198 Å². The summed E-state index contributed by atoms with van der Waals surface area (Å²) in [6.07, 6.45) is 0. The van der Waals surface area contributed by atoms with Gasteiger partial charge in [0.25, 0.3) is 11.8 Å². The summed E-state index contributed by atoms with van der Waals surface area (Å²) in [5.74, 6) is -0.995. The lowest BCUT2D eigenvalue weighted by molar-refractivity contribution is -0.138. The maximum atomic E-state index is 13.6. The van der Waals surface area contributed by atoms with E-state index in [0.717, 1.165) is 25.2 Å². The molecule has 172 valence electrons. The summed E-state index contributed by atoms with van der Waals surface area (Å²) in [7, 11) is 0. The number of halogens is 1. The Bertz CT molecular complexity index is 1200. The number of carbonyl (C=O) groups is 2. The Balaban J connectivity index is 1.40. The van der Waals surface area contributed by atoms with Crippen molar-refractivity contribution < 1.29 is 14.0 Å². The summed E-state index contributed by atoms with van der Waals surface area (Å²) in [6, 6.07) is 25.6. The van der Waals surface area contributed by atoms with Gasteiger partial charge in [0.05, 0.1) is 12.1 Å². The number of piperazine rings is 1. The van der Waals surface area contributed by atoms with E-state index >= 15 is 0 Å². The van der Waals surface area contributed by atoms with Gasteiger partial charge in [-0.05, 0) is 28.8 Å². The third-order valence-corrected chi connectivity index (χ3v) is 6.40. The first kappa shape index (κ1) is 22.0. The van der Waals surface area contributed by atoms with Crippen molar-refractivity contribution in [1.82, 2.24) is 14.7 Å². The zero-order valence-electron chi connectivity index (χ0n) is 18.9. The Morgan fingerprint density at radius 3 is 1.79 bits per heavy atom. The average molecular weight is 456 g/mol. The Morgan fingerprint density at radius 1 is 0.647 bits per heavy atom. The molecule has 2 aliphatic heterocycles. The van der Waals surface area contributed by atoms with Crippen molar-refractivity contribution in [1.29, 1.82) is 0 Å². The zero-order valence-corrected chi connectivity index (χ0v) is 18.9. The number of hydrogen-bond donors (Lipinski definition) is 0. The fourth-order valence-electron chi connectivity index (χ4n) is 4.61. The minimum atomic E-state index is -0.377. The molecule has 34 heavy (non-hydrogen) atoms. The fourth-order valence-corrected chi connectivity index (χ4v) is 4.61. The molecule has 2 aliphatic rings. The third-order valence-electron chi connectivity index (χ3n) is 6.40. The molecular weight excluding hydrogens is 429 g/mol. The Hall–Kier alpha value is -3.77. The van der Waals surface area contributed by atoms with E-state index in [2.05, 4.69) is 17.0 Å². The molecule has 0 N–H and O–H groups in total. The van der Waals surface area contributed by atoms with Gasteiger partial charge in [0.1, 0.15) is 11.5 Å². The molecule has 2 amide bonds. The van der Waals surface area contributed by atoms with Crippen LogP contribution in [-0.2, 0) is 22.7 Å². The lowest BCUT2D eigenvalue weighted by Gasteiger charge is -2.36. The molecule has 0 aliphatic carbocycles. The molecule has 2 heterocycles. The Morgan fingerprint density at radius 2 is 1.21 bits per heavy atom. The number of rotatable bonds is 6. The first-order valence-electron chi connectivity index (χ1n) is 11.5. The summed E-state index contributed by atoms with van der Waals surface area (Å²) in [5.41, 5.74) is 3.49. The quantitative estimate of drug-likeness (QED) is 0.529. The second-order valence-electron chi connectivity index (χ2n) is 8.66. The van der Waals surface area contributed by atoms with Gasteiger partial charge in [-0.15, -0.1) is 0 Å². The van der Waals surface area contributed by atoms with Crippen LogP contribution in [0.3, 0.4) is 0 Å². The topological polar surface area (TPSA) is 43.9 Å². The molecule has 0 atom stereocenters. The highest BCUT2D eigenvalue weighted by Gasteiger charge is 2.42. The van der Waals surface area contributed by atoms with Crippen LogP contribution in [0.1, 0.15) is 16.7 Å². The summed E-state index contributed by atoms with van der Waals surface area (Å²) in [6.45, 7) is 3.92. The molecule has 1 fully saturated rings. The van der Waals surface area contributed by atoms with E-state index in [9.17, 15) is 14.0 Å². The molecule has 5 nitrogen and oxygen atoms in total. The molecule has 0 radical (unpaired) electrons. The summed E-state index contributed by atoms with van der Waals surface area (Å²) < 4.78 is 13.6. The van der Waals surface area contributed by atoms with Gasteiger partial charge < -0.3 is 4.90 Å². The van der Waals surface area contributed by atoms with Gasteiger partial charge in [-0.3, -0.25) is 19.4 Å². The predicted molar refractivity (Wildman–Crippen MR) is 129 cm³/mol. The number of imide groups is 1. The molecule has 3 aromatic rings. The first-order chi connectivity index (χ1) is 16.6. The third kappa shape index (κ3) is 4.50. The number of hydrogen-bond acceptors (Lipinski definition) is 4. The maximum Gasteiger partial charge on any atom is 0.278 e. The largest absolute Gasteiger partial charge is 0.364 e. The van der Waals surface area contributed by atoms with Crippen molar-refractivity contribution >= 4 is 17.4 Å². The predicted octanol–water partition coefficient (Wildman–Crippen LogP) is 3.92. The van der Waals surface area contributed by atoms with E-state index in [0.29, 0.717) is 29.9 Å². The molecule has 0 bridgehead atoms. The van der Waals surface area contributed by atoms with Crippen molar-refractivity contribution in [3.05, 3.63) is 113 Å². The van der Waals surface area contributed by atoms with E-state index in [1.165, 1.54) is 22.6 Å². The first-order valence-corrected chi connectivity index (χ1v) is 11.5. The highest BCUT2D eigenvalue weighted by atomic mass is 19.1. The number of nitrogens with zero attached hydrogens (tertiary/aromatic N) is 3. The molecule has 1 saturated heterocycles. The smallest absolute Gasteiger partial charge is 0.278 e. The van der Waals surface area contributed by atoms with Gasteiger partial charge in [-0.25, -0.2) is 4.39 Å². The Kier molecular flexibility index (Phi) is 6.23. The summed E-state index contributed by atoms with van der Waals surface area (Å²) in [4.78, 5) is 32.7. The lowest BCUT2D eigenvalue weighted by atomic mass is 10.0. The van der Waals surface area contributed by atoms with Crippen molar-refractivity contribution in [2.75, 3.05) is 26.2 Å². The van der Waals surface area contributed by atoms with E-state index in [-0.39, 0.29) is 24.2 Å². The summed E-state index contributed by atoms with van der Waals surface area (Å²) >= 11 is 0. The number of amides is 2. The van der Waals surface area contributed by atoms with Gasteiger partial charge in [0.2, 0.25) is 0 Å². The van der Waals surface area contributed by atoms with E-state index in [4.69, 9.17) is 0 Å². The van der Waals surface area contributed by atoms with Crippen LogP contribution in [0.15, 0.2) is 90.6 Å². The number of benzene rings is 3. The van der Waals surface area contributed by atoms with E-state index in [1.807, 2.05) is 53.4 Å². The van der Waals surface area contributed by atoms with Crippen LogP contribution in [0.4, 0.5) is 4.39 Å². The van der Waals surface area contributed by atoms with Crippen LogP contribution < -0.4 is 0 Å². The highest BCUT2D eigenvalue weighted by Crippen LogP contribution is 2.33. The molecule has 0 aromatic heterocycles. The van der Waals surface area contributed by atoms with Gasteiger partial charge in [0, 0.05) is 32.7 Å². The summed E-state index contributed by atoms with van der Waals surface area (Å²) in [5, 5.41) is 0. The van der Waals surface area contributed by atoms with Crippen molar-refractivity contribution in [3.8, 4) is 0 Å². The average Bonchev–Trinajstić information content (AvgIpc) is 3.11. The highest BCUT2D eigenvalue weighted by molar-refractivity contribution is 6.35. The molecule has 0 spiro atoms. The molecule has 6 heteroatoms. The van der Waals surface area contributed by atoms with Crippen LogP contribution in [0.5, 0.6) is 0 Å². The van der Waals surface area contributed by atoms with Crippen LogP contribution >= 0.6 is 0 Å². The maximum absolute atomic E-state index is 13.6. The second kappa shape index (κ2) is 9.61. The van der Waals surface area contributed by atoms with Gasteiger partial charge >= 0.3 is 0 Å². The molecule has 5 rings (SSSR count). The molecule has 3 aromatic carbocycles. The van der Waals surface area contributed by atoms with Gasteiger partial charge in [0.15, 0.2) is 0 Å². The monoisotopic (exact) mass is 455 g/mol. The standard InChI is InChI=1S/C28H26FN3O2/c29-24-13-11-23(12-14-24)25-26(28(34)32(27(25)33)20-22-9-5-2-6-10-22)31-17-15-30(16-18-31)19-21-7-3-1-4-8-21/h1-14H,15-20H2. The normalized spacial score (nSPS) is 17.1.